The molecule has 2 aromatic rings. The highest BCUT2D eigenvalue weighted by atomic mass is 16.7. The van der Waals surface area contributed by atoms with E-state index < -0.39 is 11.6 Å². The molecule has 2 aliphatic heterocycles. The molecule has 0 aromatic heterocycles. The van der Waals surface area contributed by atoms with Crippen LogP contribution in [0.4, 0.5) is 0 Å². The van der Waals surface area contributed by atoms with Gasteiger partial charge in [-0.3, -0.25) is 0 Å². The van der Waals surface area contributed by atoms with Crippen LogP contribution in [0.2, 0.25) is 0 Å². The molecule has 2 aromatic carbocycles. The van der Waals surface area contributed by atoms with Crippen LogP contribution in [-0.2, 0) is 22.7 Å². The van der Waals surface area contributed by atoms with Crippen LogP contribution in [0.5, 0.6) is 11.5 Å². The first-order valence-corrected chi connectivity index (χ1v) is 9.07. The van der Waals surface area contributed by atoms with Gasteiger partial charge in [-0.25, -0.2) is 0 Å². The van der Waals surface area contributed by atoms with E-state index in [1.807, 2.05) is 27.7 Å². The molecule has 2 heterocycles. The molecule has 0 saturated heterocycles. The minimum atomic E-state index is -0.580. The number of benzene rings is 2. The van der Waals surface area contributed by atoms with E-state index in [-0.39, 0.29) is 0 Å². The molecule has 0 spiro atoms. The van der Waals surface area contributed by atoms with E-state index in [0.29, 0.717) is 13.2 Å². The standard InChI is InChI=1S/C22H26O4/c1-13-7-15(9-17-11-23-21(3,4)25-19(13)17)16-8-14(2)20-18(10-16)12-24-22(5,6)26-20/h7-10H,11-12H2,1-6H3. The molecule has 0 aliphatic carbocycles. The van der Waals surface area contributed by atoms with Crippen molar-refractivity contribution in [3.63, 3.8) is 0 Å². The lowest BCUT2D eigenvalue weighted by atomic mass is 9.95. The van der Waals surface area contributed by atoms with Crippen molar-refractivity contribution in [3.05, 3.63) is 46.5 Å². The normalized spacial score (nSPS) is 19.8. The number of hydrogen-bond acceptors (Lipinski definition) is 4. The van der Waals surface area contributed by atoms with E-state index in [9.17, 15) is 0 Å². The predicted molar refractivity (Wildman–Crippen MR) is 100 cm³/mol. The minimum absolute atomic E-state index is 0.557. The van der Waals surface area contributed by atoms with Gasteiger partial charge in [-0.1, -0.05) is 0 Å². The second-order valence-corrected chi connectivity index (χ2v) is 8.14. The van der Waals surface area contributed by atoms with Crippen LogP contribution in [0.25, 0.3) is 11.1 Å². The van der Waals surface area contributed by atoms with Crippen LogP contribution < -0.4 is 9.47 Å². The van der Waals surface area contributed by atoms with E-state index in [2.05, 4.69) is 38.1 Å². The quantitative estimate of drug-likeness (QED) is 0.700. The van der Waals surface area contributed by atoms with Crippen molar-refractivity contribution in [1.82, 2.24) is 0 Å². The molecule has 2 aliphatic rings. The molecule has 0 unspecified atom stereocenters. The SMILES string of the molecule is Cc1cc(-c2cc(C)c3c(c2)COC(C)(C)O3)cc2c1OC(C)(C)OC2. The van der Waals surface area contributed by atoms with Gasteiger partial charge >= 0.3 is 0 Å². The molecule has 4 rings (SSSR count). The summed E-state index contributed by atoms with van der Waals surface area (Å²) in [7, 11) is 0. The number of hydrogen-bond donors (Lipinski definition) is 0. The molecule has 0 saturated carbocycles. The summed E-state index contributed by atoms with van der Waals surface area (Å²) in [6.45, 7) is 13.1. The van der Waals surface area contributed by atoms with Crippen LogP contribution in [0.3, 0.4) is 0 Å². The van der Waals surface area contributed by atoms with Crippen molar-refractivity contribution in [2.75, 3.05) is 0 Å². The Balaban J connectivity index is 1.76. The largest absolute Gasteiger partial charge is 0.462 e. The van der Waals surface area contributed by atoms with Gasteiger partial charge in [0.2, 0.25) is 11.6 Å². The van der Waals surface area contributed by atoms with Gasteiger partial charge in [0.05, 0.1) is 13.2 Å². The Kier molecular flexibility index (Phi) is 3.83. The maximum atomic E-state index is 6.02. The van der Waals surface area contributed by atoms with Crippen LogP contribution in [0, 0.1) is 13.8 Å². The van der Waals surface area contributed by atoms with Crippen LogP contribution in [-0.4, -0.2) is 11.6 Å². The molecule has 0 N–H and O–H groups in total. The lowest BCUT2D eigenvalue weighted by Crippen LogP contribution is -2.35. The maximum Gasteiger partial charge on any atom is 0.205 e. The summed E-state index contributed by atoms with van der Waals surface area (Å²) in [5.41, 5.74) is 6.73. The fourth-order valence-corrected chi connectivity index (χ4v) is 3.59. The van der Waals surface area contributed by atoms with Crippen molar-refractivity contribution in [2.45, 2.75) is 66.3 Å². The maximum absolute atomic E-state index is 6.02. The lowest BCUT2D eigenvalue weighted by molar-refractivity contribution is -0.180. The Morgan fingerprint density at radius 1 is 0.654 bits per heavy atom. The molecule has 26 heavy (non-hydrogen) atoms. The number of ether oxygens (including phenoxy) is 4. The van der Waals surface area contributed by atoms with Gasteiger partial charge in [-0.2, -0.15) is 0 Å². The first-order valence-electron chi connectivity index (χ1n) is 9.07. The van der Waals surface area contributed by atoms with Crippen molar-refractivity contribution < 1.29 is 18.9 Å². The van der Waals surface area contributed by atoms with Crippen molar-refractivity contribution in [3.8, 4) is 22.6 Å². The fourth-order valence-electron chi connectivity index (χ4n) is 3.59. The molecule has 138 valence electrons. The van der Waals surface area contributed by atoms with Gasteiger partial charge < -0.3 is 18.9 Å². The first kappa shape index (κ1) is 17.4. The Morgan fingerprint density at radius 2 is 1.04 bits per heavy atom. The van der Waals surface area contributed by atoms with Gasteiger partial charge in [-0.05, 0) is 60.4 Å². The second kappa shape index (κ2) is 5.73. The molecule has 4 heteroatoms. The van der Waals surface area contributed by atoms with Crippen LogP contribution in [0.15, 0.2) is 24.3 Å². The Morgan fingerprint density at radius 3 is 1.42 bits per heavy atom. The summed E-state index contributed by atoms with van der Waals surface area (Å²) in [5.74, 6) is 0.716. The summed E-state index contributed by atoms with van der Waals surface area (Å²) in [4.78, 5) is 0. The highest BCUT2D eigenvalue weighted by molar-refractivity contribution is 5.70. The average Bonchev–Trinajstić information content (AvgIpc) is 2.55. The molecular weight excluding hydrogens is 328 g/mol. The van der Waals surface area contributed by atoms with Gasteiger partial charge in [0.15, 0.2) is 0 Å². The predicted octanol–water partition coefficient (Wildman–Crippen LogP) is 5.26. The highest BCUT2D eigenvalue weighted by Gasteiger charge is 2.30. The number of aryl methyl sites for hydroxylation is 2. The summed E-state index contributed by atoms with van der Waals surface area (Å²) in [6.07, 6.45) is 0. The van der Waals surface area contributed by atoms with E-state index in [1.165, 1.54) is 0 Å². The summed E-state index contributed by atoms with van der Waals surface area (Å²) in [5, 5.41) is 0. The van der Waals surface area contributed by atoms with Crippen molar-refractivity contribution in [1.29, 1.82) is 0 Å². The van der Waals surface area contributed by atoms with Gasteiger partial charge in [-0.15, -0.1) is 0 Å². The van der Waals surface area contributed by atoms with Gasteiger partial charge in [0, 0.05) is 38.8 Å². The van der Waals surface area contributed by atoms with Gasteiger partial charge in [0.25, 0.3) is 0 Å². The van der Waals surface area contributed by atoms with Crippen molar-refractivity contribution >= 4 is 0 Å². The molecule has 0 radical (unpaired) electrons. The summed E-state index contributed by atoms with van der Waals surface area (Å²) in [6, 6.07) is 8.67. The third-order valence-corrected chi connectivity index (χ3v) is 4.88. The Labute approximate surface area is 155 Å². The first-order chi connectivity index (χ1) is 12.1. The number of fused-ring (bicyclic) bond motifs is 2. The summed E-state index contributed by atoms with van der Waals surface area (Å²) >= 11 is 0. The molecule has 0 bridgehead atoms. The molecule has 4 nitrogen and oxygen atoms in total. The van der Waals surface area contributed by atoms with E-state index in [4.69, 9.17) is 18.9 Å². The second-order valence-electron chi connectivity index (χ2n) is 8.14. The fraction of sp³-hybridized carbons (Fsp3) is 0.455. The van der Waals surface area contributed by atoms with Crippen LogP contribution >= 0.6 is 0 Å². The zero-order valence-corrected chi connectivity index (χ0v) is 16.4. The lowest BCUT2D eigenvalue weighted by Gasteiger charge is -2.34. The van der Waals surface area contributed by atoms with Gasteiger partial charge in [0.1, 0.15) is 11.5 Å². The smallest absolute Gasteiger partial charge is 0.205 e. The zero-order chi connectivity index (χ0) is 18.7. The zero-order valence-electron chi connectivity index (χ0n) is 16.4. The highest BCUT2D eigenvalue weighted by Crippen LogP contribution is 2.40. The molecule has 0 amide bonds. The van der Waals surface area contributed by atoms with E-state index >= 15 is 0 Å². The van der Waals surface area contributed by atoms with E-state index in [1.54, 1.807) is 0 Å². The van der Waals surface area contributed by atoms with Crippen molar-refractivity contribution in [2.24, 2.45) is 0 Å². The average molecular weight is 354 g/mol. The monoisotopic (exact) mass is 354 g/mol. The Bertz CT molecular complexity index is 807. The molecule has 0 fully saturated rings. The molecule has 0 atom stereocenters. The summed E-state index contributed by atoms with van der Waals surface area (Å²) < 4.78 is 23.7. The van der Waals surface area contributed by atoms with Crippen LogP contribution in [0.1, 0.15) is 49.9 Å². The molecular formula is C22H26O4. The minimum Gasteiger partial charge on any atom is -0.462 e. The van der Waals surface area contributed by atoms with E-state index in [0.717, 1.165) is 44.9 Å². The number of rotatable bonds is 1. The third-order valence-electron chi connectivity index (χ3n) is 4.88. The third kappa shape index (κ3) is 3.08. The Hall–Kier alpha value is -2.04. The topological polar surface area (TPSA) is 36.9 Å².